The van der Waals surface area contributed by atoms with E-state index in [-0.39, 0.29) is 0 Å². The average molecular weight is 232 g/mol. The van der Waals surface area contributed by atoms with Gasteiger partial charge in [0.05, 0.1) is 12.8 Å². The van der Waals surface area contributed by atoms with Crippen molar-refractivity contribution in [2.75, 3.05) is 13.7 Å². The minimum absolute atomic E-state index is 0.732. The van der Waals surface area contributed by atoms with Crippen LogP contribution in [0.5, 0.6) is 5.75 Å². The Labute approximate surface area is 101 Å². The third-order valence-corrected chi connectivity index (χ3v) is 2.49. The smallest absolute Gasteiger partial charge is 0.167 e. The zero-order chi connectivity index (χ0) is 12.1. The predicted octanol–water partition coefficient (Wildman–Crippen LogP) is 2.46. The molecule has 4 nitrogen and oxygen atoms in total. The molecule has 90 valence electrons. The van der Waals surface area contributed by atoms with Crippen LogP contribution in [-0.2, 0) is 6.54 Å². The average Bonchev–Trinajstić information content (AvgIpc) is 2.85. The van der Waals surface area contributed by atoms with Gasteiger partial charge in [0.1, 0.15) is 5.75 Å². The zero-order valence-corrected chi connectivity index (χ0v) is 10.1. The van der Waals surface area contributed by atoms with Gasteiger partial charge in [-0.2, -0.15) is 0 Å². The van der Waals surface area contributed by atoms with E-state index in [9.17, 15) is 0 Å². The molecule has 2 rings (SSSR count). The molecule has 0 fully saturated rings. The van der Waals surface area contributed by atoms with Crippen molar-refractivity contribution in [3.05, 3.63) is 36.0 Å². The van der Waals surface area contributed by atoms with Crippen LogP contribution in [0.25, 0.3) is 11.3 Å². The first-order chi connectivity index (χ1) is 8.33. The molecule has 1 aromatic carbocycles. The van der Waals surface area contributed by atoms with E-state index in [1.54, 1.807) is 7.11 Å². The topological polar surface area (TPSA) is 47.3 Å². The Morgan fingerprint density at radius 2 is 2.06 bits per heavy atom. The van der Waals surface area contributed by atoms with Crippen molar-refractivity contribution in [1.82, 2.24) is 10.5 Å². The SMILES string of the molecule is CCNCc1cc(-c2ccc(OC)cc2)on1. The first-order valence-electron chi connectivity index (χ1n) is 5.64. The van der Waals surface area contributed by atoms with Crippen LogP contribution >= 0.6 is 0 Å². The van der Waals surface area contributed by atoms with E-state index >= 15 is 0 Å². The minimum atomic E-state index is 0.732. The quantitative estimate of drug-likeness (QED) is 0.860. The van der Waals surface area contributed by atoms with E-state index in [2.05, 4.69) is 17.4 Å². The van der Waals surface area contributed by atoms with Crippen LogP contribution in [0.15, 0.2) is 34.9 Å². The molecule has 0 radical (unpaired) electrons. The normalized spacial score (nSPS) is 10.5. The molecule has 0 atom stereocenters. The summed E-state index contributed by atoms with van der Waals surface area (Å²) in [6.07, 6.45) is 0. The second-order valence-electron chi connectivity index (χ2n) is 3.69. The van der Waals surface area contributed by atoms with Crippen molar-refractivity contribution in [3.8, 4) is 17.1 Å². The third kappa shape index (κ3) is 2.85. The summed E-state index contributed by atoms with van der Waals surface area (Å²) in [6.45, 7) is 3.71. The van der Waals surface area contributed by atoms with Gasteiger partial charge < -0.3 is 14.6 Å². The van der Waals surface area contributed by atoms with E-state index in [1.807, 2.05) is 30.3 Å². The number of nitrogens with zero attached hydrogens (tertiary/aromatic N) is 1. The fourth-order valence-corrected chi connectivity index (χ4v) is 1.54. The fraction of sp³-hybridized carbons (Fsp3) is 0.308. The Bertz CT molecular complexity index is 463. The second kappa shape index (κ2) is 5.50. The highest BCUT2D eigenvalue weighted by Crippen LogP contribution is 2.22. The summed E-state index contributed by atoms with van der Waals surface area (Å²) in [4.78, 5) is 0. The van der Waals surface area contributed by atoms with E-state index < -0.39 is 0 Å². The van der Waals surface area contributed by atoms with Crippen molar-refractivity contribution in [3.63, 3.8) is 0 Å². The molecule has 0 aliphatic carbocycles. The highest BCUT2D eigenvalue weighted by atomic mass is 16.5. The molecule has 1 aromatic heterocycles. The number of benzene rings is 1. The highest BCUT2D eigenvalue weighted by Gasteiger charge is 2.06. The van der Waals surface area contributed by atoms with Crippen LogP contribution < -0.4 is 10.1 Å². The lowest BCUT2D eigenvalue weighted by Crippen LogP contribution is -2.11. The van der Waals surface area contributed by atoms with Crippen LogP contribution in [-0.4, -0.2) is 18.8 Å². The minimum Gasteiger partial charge on any atom is -0.497 e. The Balaban J connectivity index is 2.12. The van der Waals surface area contributed by atoms with Gasteiger partial charge in [0.15, 0.2) is 5.76 Å². The Morgan fingerprint density at radius 1 is 1.29 bits per heavy atom. The van der Waals surface area contributed by atoms with Crippen LogP contribution in [0.3, 0.4) is 0 Å². The molecule has 2 aromatic rings. The molecule has 17 heavy (non-hydrogen) atoms. The third-order valence-electron chi connectivity index (χ3n) is 2.49. The summed E-state index contributed by atoms with van der Waals surface area (Å²) >= 11 is 0. The number of hydrogen-bond acceptors (Lipinski definition) is 4. The molecule has 0 aliphatic heterocycles. The summed E-state index contributed by atoms with van der Waals surface area (Å²) in [5.74, 6) is 1.61. The lowest BCUT2D eigenvalue weighted by atomic mass is 10.1. The molecule has 0 bridgehead atoms. The number of ether oxygens (including phenoxy) is 1. The van der Waals surface area contributed by atoms with E-state index in [0.717, 1.165) is 35.9 Å². The van der Waals surface area contributed by atoms with Crippen LogP contribution in [0.4, 0.5) is 0 Å². The molecule has 1 heterocycles. The summed E-state index contributed by atoms with van der Waals surface area (Å²) in [5, 5.41) is 7.21. The molecule has 0 unspecified atom stereocenters. The molecule has 4 heteroatoms. The standard InChI is InChI=1S/C13H16N2O2/c1-3-14-9-11-8-13(17-15-11)10-4-6-12(16-2)7-5-10/h4-8,14H,3,9H2,1-2H3. The Kier molecular flexibility index (Phi) is 3.77. The maximum absolute atomic E-state index is 5.29. The van der Waals surface area contributed by atoms with E-state index in [0.29, 0.717) is 0 Å². The molecular weight excluding hydrogens is 216 g/mol. The summed E-state index contributed by atoms with van der Waals surface area (Å²) in [6, 6.07) is 9.67. The highest BCUT2D eigenvalue weighted by molar-refractivity contribution is 5.58. The van der Waals surface area contributed by atoms with Gasteiger partial charge in [-0.1, -0.05) is 12.1 Å². The van der Waals surface area contributed by atoms with Crippen LogP contribution in [0.1, 0.15) is 12.6 Å². The number of methoxy groups -OCH3 is 1. The number of aromatic nitrogens is 1. The van der Waals surface area contributed by atoms with Gasteiger partial charge in [-0.3, -0.25) is 0 Å². The lowest BCUT2D eigenvalue weighted by Gasteiger charge is -1.99. The molecule has 0 spiro atoms. The first kappa shape index (κ1) is 11.7. The van der Waals surface area contributed by atoms with Crippen LogP contribution in [0.2, 0.25) is 0 Å². The van der Waals surface area contributed by atoms with Gasteiger partial charge >= 0.3 is 0 Å². The van der Waals surface area contributed by atoms with E-state index in [4.69, 9.17) is 9.26 Å². The van der Waals surface area contributed by atoms with Crippen molar-refractivity contribution in [2.45, 2.75) is 13.5 Å². The predicted molar refractivity (Wildman–Crippen MR) is 65.9 cm³/mol. The largest absolute Gasteiger partial charge is 0.497 e. The van der Waals surface area contributed by atoms with Gasteiger partial charge in [-0.05, 0) is 30.8 Å². The molecule has 0 amide bonds. The second-order valence-corrected chi connectivity index (χ2v) is 3.69. The molecule has 1 N–H and O–H groups in total. The maximum Gasteiger partial charge on any atom is 0.167 e. The summed E-state index contributed by atoms with van der Waals surface area (Å²) < 4.78 is 10.4. The Morgan fingerprint density at radius 3 is 2.71 bits per heavy atom. The first-order valence-corrected chi connectivity index (χ1v) is 5.64. The van der Waals surface area contributed by atoms with Gasteiger partial charge in [0.25, 0.3) is 0 Å². The van der Waals surface area contributed by atoms with E-state index in [1.165, 1.54) is 0 Å². The zero-order valence-electron chi connectivity index (χ0n) is 10.1. The van der Waals surface area contributed by atoms with Gasteiger partial charge in [0.2, 0.25) is 0 Å². The summed E-state index contributed by atoms with van der Waals surface area (Å²) in [7, 11) is 1.65. The van der Waals surface area contributed by atoms with Crippen molar-refractivity contribution in [2.24, 2.45) is 0 Å². The monoisotopic (exact) mass is 232 g/mol. The van der Waals surface area contributed by atoms with Crippen molar-refractivity contribution in [1.29, 1.82) is 0 Å². The maximum atomic E-state index is 5.29. The fourth-order valence-electron chi connectivity index (χ4n) is 1.54. The lowest BCUT2D eigenvalue weighted by molar-refractivity contribution is 0.413. The van der Waals surface area contributed by atoms with Crippen molar-refractivity contribution >= 4 is 0 Å². The molecule has 0 saturated carbocycles. The number of hydrogen-bond donors (Lipinski definition) is 1. The van der Waals surface area contributed by atoms with Gasteiger partial charge in [-0.15, -0.1) is 0 Å². The molecule has 0 saturated heterocycles. The number of nitrogens with one attached hydrogen (secondary N) is 1. The number of rotatable bonds is 5. The van der Waals surface area contributed by atoms with Crippen LogP contribution in [0, 0.1) is 0 Å². The van der Waals surface area contributed by atoms with Gasteiger partial charge in [0, 0.05) is 18.2 Å². The van der Waals surface area contributed by atoms with Gasteiger partial charge in [-0.25, -0.2) is 0 Å². The Hall–Kier alpha value is -1.81. The summed E-state index contributed by atoms with van der Waals surface area (Å²) in [5.41, 5.74) is 1.92. The molecular formula is C13H16N2O2. The van der Waals surface area contributed by atoms with Crippen molar-refractivity contribution < 1.29 is 9.26 Å². The molecule has 0 aliphatic rings.